The Hall–Kier alpha value is -3.40. The third-order valence-corrected chi connectivity index (χ3v) is 5.24. The molecular formula is C16H14N4O5S. The molecule has 0 fully saturated rings. The van der Waals surface area contributed by atoms with Crippen LogP contribution in [0.2, 0.25) is 0 Å². The zero-order valence-electron chi connectivity index (χ0n) is 13.6. The molecule has 0 unspecified atom stereocenters. The molecule has 0 aliphatic heterocycles. The van der Waals surface area contributed by atoms with Crippen LogP contribution in [0.1, 0.15) is 0 Å². The van der Waals surface area contributed by atoms with Crippen molar-refractivity contribution in [1.82, 2.24) is 9.19 Å². The Bertz CT molecular complexity index is 1070. The van der Waals surface area contributed by atoms with Crippen molar-refractivity contribution in [2.24, 2.45) is 0 Å². The van der Waals surface area contributed by atoms with Gasteiger partial charge in [0.2, 0.25) is 0 Å². The minimum absolute atomic E-state index is 0.109. The number of nitrogen functional groups attached to an aromatic ring is 1. The molecule has 0 saturated carbocycles. The van der Waals surface area contributed by atoms with Gasteiger partial charge in [0, 0.05) is 23.8 Å². The molecule has 3 rings (SSSR count). The Morgan fingerprint density at radius 2 is 1.85 bits per heavy atom. The molecule has 0 amide bonds. The van der Waals surface area contributed by atoms with Gasteiger partial charge in [-0.15, -0.1) is 4.09 Å². The minimum Gasteiger partial charge on any atom is -0.497 e. The molecule has 1 heterocycles. The fourth-order valence-electron chi connectivity index (χ4n) is 2.33. The number of non-ortho nitro benzene ring substituents is 1. The molecule has 0 radical (unpaired) electrons. The molecule has 1 aromatic heterocycles. The second-order valence-corrected chi connectivity index (χ2v) is 7.05. The first-order valence-electron chi connectivity index (χ1n) is 7.33. The lowest BCUT2D eigenvalue weighted by molar-refractivity contribution is -0.385. The van der Waals surface area contributed by atoms with Crippen LogP contribution in [0.15, 0.2) is 59.5 Å². The molecule has 0 aliphatic carbocycles. The molecule has 0 bridgehead atoms. The normalized spacial score (nSPS) is 11.3. The van der Waals surface area contributed by atoms with Crippen LogP contribution in [-0.2, 0) is 10.0 Å². The molecule has 2 aromatic carbocycles. The van der Waals surface area contributed by atoms with Crippen molar-refractivity contribution in [3.8, 4) is 17.0 Å². The predicted octanol–water partition coefficient (Wildman–Crippen LogP) is 2.29. The number of hydrogen-bond acceptors (Lipinski definition) is 7. The van der Waals surface area contributed by atoms with E-state index in [0.717, 1.165) is 6.07 Å². The molecular weight excluding hydrogens is 360 g/mol. The summed E-state index contributed by atoms with van der Waals surface area (Å²) in [5.74, 6) is 0.535. The molecule has 0 saturated heterocycles. The number of methoxy groups -OCH3 is 1. The summed E-state index contributed by atoms with van der Waals surface area (Å²) in [5.41, 5.74) is 6.47. The summed E-state index contributed by atoms with van der Waals surface area (Å²) in [6, 6.07) is 13.0. The number of nitrogens with zero attached hydrogens (tertiary/aromatic N) is 3. The maximum atomic E-state index is 12.8. The number of aromatic nitrogens is 2. The van der Waals surface area contributed by atoms with Gasteiger partial charge in [-0.2, -0.15) is 13.5 Å². The van der Waals surface area contributed by atoms with Gasteiger partial charge in [0.1, 0.15) is 11.6 Å². The van der Waals surface area contributed by atoms with E-state index in [-0.39, 0.29) is 16.4 Å². The monoisotopic (exact) mass is 374 g/mol. The Morgan fingerprint density at radius 1 is 1.15 bits per heavy atom. The fourth-order valence-corrected chi connectivity index (χ4v) is 3.58. The molecule has 26 heavy (non-hydrogen) atoms. The van der Waals surface area contributed by atoms with Gasteiger partial charge in [-0.3, -0.25) is 10.1 Å². The Balaban J connectivity index is 2.05. The number of benzene rings is 2. The first-order valence-corrected chi connectivity index (χ1v) is 8.77. The van der Waals surface area contributed by atoms with Crippen LogP contribution in [0.4, 0.5) is 11.5 Å². The van der Waals surface area contributed by atoms with Crippen LogP contribution < -0.4 is 10.5 Å². The lowest BCUT2D eigenvalue weighted by atomic mass is 10.1. The number of nitrogens with two attached hydrogens (primary N) is 1. The third-order valence-electron chi connectivity index (χ3n) is 3.64. The first-order chi connectivity index (χ1) is 12.3. The van der Waals surface area contributed by atoms with E-state index >= 15 is 0 Å². The number of nitro groups is 1. The largest absolute Gasteiger partial charge is 0.497 e. The van der Waals surface area contributed by atoms with Crippen LogP contribution in [0, 0.1) is 10.1 Å². The first kappa shape index (κ1) is 17.4. The summed E-state index contributed by atoms with van der Waals surface area (Å²) in [6.45, 7) is 0. The van der Waals surface area contributed by atoms with Crippen molar-refractivity contribution < 1.29 is 18.1 Å². The van der Waals surface area contributed by atoms with Gasteiger partial charge in [0.25, 0.3) is 15.7 Å². The van der Waals surface area contributed by atoms with Crippen LogP contribution in [0.5, 0.6) is 5.75 Å². The van der Waals surface area contributed by atoms with Gasteiger partial charge < -0.3 is 10.5 Å². The summed E-state index contributed by atoms with van der Waals surface area (Å²) in [5, 5.41) is 14.9. The van der Waals surface area contributed by atoms with Crippen LogP contribution >= 0.6 is 0 Å². The quantitative estimate of drug-likeness (QED) is 0.535. The summed E-state index contributed by atoms with van der Waals surface area (Å²) in [6.07, 6.45) is 0. The second-order valence-electron chi connectivity index (χ2n) is 5.29. The molecule has 2 N–H and O–H groups in total. The highest BCUT2D eigenvalue weighted by atomic mass is 32.2. The fraction of sp³-hybridized carbons (Fsp3) is 0.0625. The predicted molar refractivity (Wildman–Crippen MR) is 94.3 cm³/mol. The van der Waals surface area contributed by atoms with Crippen molar-refractivity contribution in [2.75, 3.05) is 12.8 Å². The lowest BCUT2D eigenvalue weighted by Crippen LogP contribution is -2.17. The van der Waals surface area contributed by atoms with Crippen molar-refractivity contribution in [2.45, 2.75) is 4.90 Å². The average Bonchev–Trinajstić information content (AvgIpc) is 3.04. The van der Waals surface area contributed by atoms with E-state index in [1.165, 1.54) is 31.4 Å². The lowest BCUT2D eigenvalue weighted by Gasteiger charge is -2.06. The molecule has 0 aliphatic rings. The third kappa shape index (κ3) is 3.09. The Labute approximate surface area is 148 Å². The number of nitro benzene ring substituents is 1. The van der Waals surface area contributed by atoms with E-state index in [2.05, 4.69) is 5.10 Å². The number of anilines is 1. The molecule has 10 heteroatoms. The van der Waals surface area contributed by atoms with Crippen molar-refractivity contribution in [3.63, 3.8) is 0 Å². The van der Waals surface area contributed by atoms with Crippen molar-refractivity contribution in [1.29, 1.82) is 0 Å². The summed E-state index contributed by atoms with van der Waals surface area (Å²) in [4.78, 5) is 9.93. The highest BCUT2D eigenvalue weighted by Crippen LogP contribution is 2.26. The highest BCUT2D eigenvalue weighted by Gasteiger charge is 2.24. The summed E-state index contributed by atoms with van der Waals surface area (Å²) in [7, 11) is -2.64. The van der Waals surface area contributed by atoms with E-state index in [9.17, 15) is 18.5 Å². The van der Waals surface area contributed by atoms with Gasteiger partial charge in [-0.25, -0.2) is 0 Å². The average molecular weight is 374 g/mol. The maximum Gasteiger partial charge on any atom is 0.285 e. The van der Waals surface area contributed by atoms with Gasteiger partial charge in [0.15, 0.2) is 0 Å². The Morgan fingerprint density at radius 3 is 2.46 bits per heavy atom. The topological polar surface area (TPSA) is 130 Å². The molecule has 9 nitrogen and oxygen atoms in total. The van der Waals surface area contributed by atoms with E-state index in [0.29, 0.717) is 21.1 Å². The smallest absolute Gasteiger partial charge is 0.285 e. The zero-order chi connectivity index (χ0) is 18.9. The van der Waals surface area contributed by atoms with Crippen molar-refractivity contribution in [3.05, 3.63) is 64.7 Å². The summed E-state index contributed by atoms with van der Waals surface area (Å²) < 4.78 is 31.2. The Kier molecular flexibility index (Phi) is 4.34. The minimum atomic E-state index is -4.17. The maximum absolute atomic E-state index is 12.8. The van der Waals surface area contributed by atoms with Crippen LogP contribution in [-0.4, -0.2) is 29.6 Å². The van der Waals surface area contributed by atoms with Crippen LogP contribution in [0.3, 0.4) is 0 Å². The SMILES string of the molecule is COc1ccc(-c2cc(N)n(S(=O)(=O)c3cccc([N+](=O)[O-])c3)n2)cc1. The summed E-state index contributed by atoms with van der Waals surface area (Å²) >= 11 is 0. The van der Waals surface area contributed by atoms with Crippen LogP contribution in [0.25, 0.3) is 11.3 Å². The highest BCUT2D eigenvalue weighted by molar-refractivity contribution is 7.90. The van der Waals surface area contributed by atoms with Gasteiger partial charge >= 0.3 is 0 Å². The molecule has 3 aromatic rings. The number of rotatable bonds is 5. The van der Waals surface area contributed by atoms with E-state index in [1.54, 1.807) is 24.3 Å². The molecule has 134 valence electrons. The second kappa shape index (κ2) is 6.48. The molecule has 0 spiro atoms. The standard InChI is InChI=1S/C16H14N4O5S/c1-25-13-7-5-11(6-8-13)15-10-16(17)19(18-15)26(23,24)14-4-2-3-12(9-14)20(21)22/h2-10H,17H2,1H3. The van der Waals surface area contributed by atoms with E-state index in [1.807, 2.05) is 0 Å². The van der Waals surface area contributed by atoms with Crippen molar-refractivity contribution >= 4 is 21.5 Å². The van der Waals surface area contributed by atoms with E-state index < -0.39 is 14.9 Å². The number of ether oxygens (including phenoxy) is 1. The number of hydrogen-bond donors (Lipinski definition) is 1. The zero-order valence-corrected chi connectivity index (χ0v) is 14.4. The van der Waals surface area contributed by atoms with Gasteiger partial charge in [-0.05, 0) is 30.3 Å². The van der Waals surface area contributed by atoms with Gasteiger partial charge in [-0.1, -0.05) is 6.07 Å². The van der Waals surface area contributed by atoms with Gasteiger partial charge in [0.05, 0.1) is 22.6 Å². The van der Waals surface area contributed by atoms with E-state index in [4.69, 9.17) is 10.5 Å². The molecule has 0 atom stereocenters.